The Morgan fingerprint density at radius 3 is 3.09 bits per heavy atom. The van der Waals surface area contributed by atoms with Gasteiger partial charge in [0.15, 0.2) is 5.82 Å². The zero-order chi connectivity index (χ0) is 15.4. The molecule has 2 fully saturated rings. The van der Waals surface area contributed by atoms with Gasteiger partial charge in [0.25, 0.3) is 0 Å². The van der Waals surface area contributed by atoms with E-state index in [2.05, 4.69) is 22.1 Å². The minimum atomic E-state index is -0.232. The van der Waals surface area contributed by atoms with Gasteiger partial charge in [-0.25, -0.2) is 4.98 Å². The first-order valence-electron chi connectivity index (χ1n) is 8.18. The van der Waals surface area contributed by atoms with Crippen molar-refractivity contribution in [1.29, 1.82) is 0 Å². The molecular formula is C15H24N4O3. The topological polar surface area (TPSA) is 80.3 Å². The van der Waals surface area contributed by atoms with Crippen LogP contribution in [0, 0.1) is 0 Å². The first-order valence-corrected chi connectivity index (χ1v) is 8.18. The monoisotopic (exact) mass is 308 g/mol. The molecule has 7 heteroatoms. The first-order chi connectivity index (χ1) is 10.8. The van der Waals surface area contributed by atoms with E-state index >= 15 is 0 Å². The number of carbonyl (C=O) groups is 1. The lowest BCUT2D eigenvalue weighted by atomic mass is 10.1. The minimum absolute atomic E-state index is 0.0912. The molecule has 22 heavy (non-hydrogen) atoms. The van der Waals surface area contributed by atoms with Crippen molar-refractivity contribution in [2.24, 2.45) is 0 Å². The lowest BCUT2D eigenvalue weighted by Crippen LogP contribution is -2.43. The Morgan fingerprint density at radius 1 is 1.41 bits per heavy atom. The second-order valence-electron chi connectivity index (χ2n) is 5.93. The molecule has 1 amide bonds. The fourth-order valence-corrected chi connectivity index (χ4v) is 2.96. The fraction of sp³-hybridized carbons (Fsp3) is 0.800. The van der Waals surface area contributed by atoms with Gasteiger partial charge in [0.1, 0.15) is 11.9 Å². The Kier molecular flexibility index (Phi) is 5.04. The summed E-state index contributed by atoms with van der Waals surface area (Å²) in [6, 6.07) is 0. The van der Waals surface area contributed by atoms with Crippen molar-refractivity contribution in [2.45, 2.75) is 51.2 Å². The molecule has 122 valence electrons. The van der Waals surface area contributed by atoms with Gasteiger partial charge in [-0.2, -0.15) is 5.10 Å². The summed E-state index contributed by atoms with van der Waals surface area (Å²) in [7, 11) is 0. The molecule has 3 heterocycles. The van der Waals surface area contributed by atoms with Crippen LogP contribution in [0.3, 0.4) is 0 Å². The summed E-state index contributed by atoms with van der Waals surface area (Å²) in [6.07, 6.45) is 4.27. The van der Waals surface area contributed by atoms with E-state index in [0.717, 1.165) is 38.1 Å². The van der Waals surface area contributed by atoms with Crippen LogP contribution in [0.5, 0.6) is 0 Å². The van der Waals surface area contributed by atoms with Crippen LogP contribution in [0.4, 0.5) is 0 Å². The lowest BCUT2D eigenvalue weighted by Gasteiger charge is -2.32. The van der Waals surface area contributed by atoms with Gasteiger partial charge in [-0.05, 0) is 19.3 Å². The number of H-pyrrole nitrogens is 1. The molecule has 2 aliphatic heterocycles. The molecule has 0 radical (unpaired) electrons. The summed E-state index contributed by atoms with van der Waals surface area (Å²) in [6.45, 7) is 4.56. The highest BCUT2D eigenvalue weighted by Crippen LogP contribution is 2.22. The lowest BCUT2D eigenvalue weighted by molar-refractivity contribution is -0.141. The third-order valence-corrected chi connectivity index (χ3v) is 4.17. The largest absolute Gasteiger partial charge is 0.378 e. The summed E-state index contributed by atoms with van der Waals surface area (Å²) >= 11 is 0. The maximum atomic E-state index is 12.4. The van der Waals surface area contributed by atoms with Gasteiger partial charge < -0.3 is 14.4 Å². The van der Waals surface area contributed by atoms with E-state index in [9.17, 15) is 4.79 Å². The highest BCUT2D eigenvalue weighted by Gasteiger charge is 2.30. The molecule has 1 aromatic heterocycles. The van der Waals surface area contributed by atoms with Crippen molar-refractivity contribution in [3.05, 3.63) is 11.6 Å². The number of amides is 1. The van der Waals surface area contributed by atoms with Gasteiger partial charge in [0.05, 0.1) is 25.7 Å². The second kappa shape index (κ2) is 7.19. The molecule has 0 unspecified atom stereocenters. The van der Waals surface area contributed by atoms with Crippen LogP contribution in [0.1, 0.15) is 50.4 Å². The zero-order valence-electron chi connectivity index (χ0n) is 13.1. The summed E-state index contributed by atoms with van der Waals surface area (Å²) < 4.78 is 11.3. The second-order valence-corrected chi connectivity index (χ2v) is 5.93. The fourth-order valence-electron chi connectivity index (χ4n) is 2.96. The molecule has 0 bridgehead atoms. The number of hydrogen-bond donors (Lipinski definition) is 1. The van der Waals surface area contributed by atoms with Crippen molar-refractivity contribution in [3.63, 3.8) is 0 Å². The summed E-state index contributed by atoms with van der Waals surface area (Å²) in [4.78, 5) is 18.7. The predicted octanol–water partition coefficient (Wildman–Crippen LogP) is 1.23. The molecule has 3 rings (SSSR count). The van der Waals surface area contributed by atoms with E-state index in [-0.39, 0.29) is 18.1 Å². The number of carbonyl (C=O) groups excluding carboxylic acids is 1. The molecule has 1 aromatic rings. The normalized spacial score (nSPS) is 25.6. The number of ether oxygens (including phenoxy) is 2. The van der Waals surface area contributed by atoms with E-state index in [4.69, 9.17) is 9.47 Å². The van der Waals surface area contributed by atoms with E-state index < -0.39 is 0 Å². The molecule has 1 N–H and O–H groups in total. The van der Waals surface area contributed by atoms with E-state index in [0.29, 0.717) is 31.9 Å². The summed E-state index contributed by atoms with van der Waals surface area (Å²) in [5.74, 6) is 1.67. The molecule has 0 aromatic carbocycles. The molecule has 0 aliphatic carbocycles. The number of aromatic nitrogens is 3. The van der Waals surface area contributed by atoms with Gasteiger partial charge in [0, 0.05) is 19.6 Å². The number of hydrogen-bond acceptors (Lipinski definition) is 5. The van der Waals surface area contributed by atoms with Gasteiger partial charge in [-0.3, -0.25) is 9.89 Å². The number of aromatic amines is 1. The van der Waals surface area contributed by atoms with Gasteiger partial charge >= 0.3 is 0 Å². The van der Waals surface area contributed by atoms with Gasteiger partial charge in [-0.15, -0.1) is 0 Å². The highest BCUT2D eigenvalue weighted by atomic mass is 16.5. The minimum Gasteiger partial charge on any atom is -0.378 e. The number of aryl methyl sites for hydroxylation is 1. The first kappa shape index (κ1) is 15.4. The molecular weight excluding hydrogens is 284 g/mol. The van der Waals surface area contributed by atoms with Crippen molar-refractivity contribution in [2.75, 3.05) is 26.3 Å². The predicted molar refractivity (Wildman–Crippen MR) is 79.2 cm³/mol. The van der Waals surface area contributed by atoms with Crippen molar-refractivity contribution in [1.82, 2.24) is 20.1 Å². The Bertz CT molecular complexity index is 499. The molecule has 0 spiro atoms. The maximum absolute atomic E-state index is 12.4. The standard InChI is InChI=1S/C15H24N4O3/c1-2-4-13-16-15(18-17-13)12-10-19(6-8-22-12)14(20)9-11-5-3-7-21-11/h11-12H,2-10H2,1H3,(H,16,17,18)/t11-,12+/m0/s1. The molecule has 2 aliphatic rings. The van der Waals surface area contributed by atoms with Crippen LogP contribution < -0.4 is 0 Å². The Hall–Kier alpha value is -1.47. The van der Waals surface area contributed by atoms with Crippen molar-refractivity contribution < 1.29 is 14.3 Å². The average Bonchev–Trinajstić information content (AvgIpc) is 3.19. The highest BCUT2D eigenvalue weighted by molar-refractivity contribution is 5.76. The van der Waals surface area contributed by atoms with E-state index in [1.54, 1.807) is 0 Å². The third kappa shape index (κ3) is 3.64. The van der Waals surface area contributed by atoms with Crippen molar-refractivity contribution >= 4 is 5.91 Å². The number of nitrogens with zero attached hydrogens (tertiary/aromatic N) is 3. The Balaban J connectivity index is 1.56. The maximum Gasteiger partial charge on any atom is 0.225 e. The Labute approximate surface area is 130 Å². The molecule has 7 nitrogen and oxygen atoms in total. The zero-order valence-corrected chi connectivity index (χ0v) is 13.1. The molecule has 2 atom stereocenters. The summed E-state index contributed by atoms with van der Waals surface area (Å²) in [5.41, 5.74) is 0. The van der Waals surface area contributed by atoms with Crippen LogP contribution in [0.2, 0.25) is 0 Å². The number of nitrogens with one attached hydrogen (secondary N) is 1. The summed E-state index contributed by atoms with van der Waals surface area (Å²) in [5, 5.41) is 7.17. The molecule has 0 saturated carbocycles. The van der Waals surface area contributed by atoms with Crippen LogP contribution in [-0.4, -0.2) is 58.4 Å². The Morgan fingerprint density at radius 2 is 2.32 bits per heavy atom. The van der Waals surface area contributed by atoms with Crippen LogP contribution in [0.15, 0.2) is 0 Å². The third-order valence-electron chi connectivity index (χ3n) is 4.17. The van der Waals surface area contributed by atoms with Gasteiger partial charge in [-0.1, -0.05) is 6.92 Å². The van der Waals surface area contributed by atoms with E-state index in [1.807, 2.05) is 4.90 Å². The molecule has 2 saturated heterocycles. The quantitative estimate of drug-likeness (QED) is 0.885. The van der Waals surface area contributed by atoms with Crippen LogP contribution in [0.25, 0.3) is 0 Å². The SMILES string of the molecule is CCCc1nc([C@H]2CN(C(=O)C[C@@H]3CCCO3)CCO2)n[nH]1. The van der Waals surface area contributed by atoms with Gasteiger partial charge in [0.2, 0.25) is 5.91 Å². The smallest absolute Gasteiger partial charge is 0.225 e. The van der Waals surface area contributed by atoms with Crippen molar-refractivity contribution in [3.8, 4) is 0 Å². The number of morpholine rings is 1. The average molecular weight is 308 g/mol. The van der Waals surface area contributed by atoms with Crippen LogP contribution in [-0.2, 0) is 20.7 Å². The van der Waals surface area contributed by atoms with E-state index in [1.165, 1.54) is 0 Å². The van der Waals surface area contributed by atoms with Crippen LogP contribution >= 0.6 is 0 Å². The number of rotatable bonds is 5.